The van der Waals surface area contributed by atoms with Crippen LogP contribution in [0.2, 0.25) is 0 Å². The molecular weight excluding hydrogens is 296 g/mol. The summed E-state index contributed by atoms with van der Waals surface area (Å²) in [5.74, 6) is 0.861. The van der Waals surface area contributed by atoms with E-state index < -0.39 is 0 Å². The highest BCUT2D eigenvalue weighted by molar-refractivity contribution is 7.13. The summed E-state index contributed by atoms with van der Waals surface area (Å²) >= 11 is 1.67. The number of methoxy groups -OCH3 is 1. The zero-order chi connectivity index (χ0) is 15.4. The minimum absolute atomic E-state index is 0.344. The number of hydrogen-bond acceptors (Lipinski definition) is 5. The molecule has 0 bridgehead atoms. The Morgan fingerprint density at radius 3 is 3.18 bits per heavy atom. The van der Waals surface area contributed by atoms with Crippen LogP contribution in [0.25, 0.3) is 10.6 Å². The third kappa shape index (κ3) is 3.66. The largest absolute Gasteiger partial charge is 0.497 e. The Bertz CT molecular complexity index is 608. The van der Waals surface area contributed by atoms with Crippen LogP contribution in [0.5, 0.6) is 5.75 Å². The van der Waals surface area contributed by atoms with Gasteiger partial charge in [0.1, 0.15) is 10.8 Å². The van der Waals surface area contributed by atoms with Crippen molar-refractivity contribution in [3.63, 3.8) is 0 Å². The maximum atomic E-state index is 5.71. The molecule has 1 aliphatic heterocycles. The van der Waals surface area contributed by atoms with Crippen LogP contribution in [0.15, 0.2) is 29.6 Å². The molecule has 0 saturated carbocycles. The first-order chi connectivity index (χ1) is 10.8. The number of benzene rings is 1. The van der Waals surface area contributed by atoms with Gasteiger partial charge in [0.25, 0.3) is 0 Å². The lowest BCUT2D eigenvalue weighted by molar-refractivity contribution is 0.0831. The van der Waals surface area contributed by atoms with Crippen LogP contribution in [0, 0.1) is 0 Å². The summed E-state index contributed by atoms with van der Waals surface area (Å²) in [5, 5.41) is 6.67. The number of rotatable bonds is 6. The van der Waals surface area contributed by atoms with Crippen molar-refractivity contribution in [1.82, 2.24) is 10.3 Å². The third-order valence-electron chi connectivity index (χ3n) is 4.00. The lowest BCUT2D eigenvalue weighted by atomic mass is 10.1. The molecule has 1 saturated heterocycles. The smallest absolute Gasteiger partial charge is 0.123 e. The highest BCUT2D eigenvalue weighted by Gasteiger charge is 2.21. The van der Waals surface area contributed by atoms with Crippen molar-refractivity contribution >= 4 is 11.3 Å². The van der Waals surface area contributed by atoms with Gasteiger partial charge in [-0.05, 0) is 31.9 Å². The Labute approximate surface area is 135 Å². The fourth-order valence-corrected chi connectivity index (χ4v) is 3.49. The van der Waals surface area contributed by atoms with E-state index in [1.165, 1.54) is 6.42 Å². The van der Waals surface area contributed by atoms with Crippen LogP contribution < -0.4 is 10.1 Å². The lowest BCUT2D eigenvalue weighted by Crippen LogP contribution is -2.36. The van der Waals surface area contributed by atoms with Gasteiger partial charge in [-0.2, -0.15) is 0 Å². The fraction of sp³-hybridized carbons (Fsp3) is 0.471. The molecule has 1 aromatic carbocycles. The van der Waals surface area contributed by atoms with Gasteiger partial charge in [-0.25, -0.2) is 4.98 Å². The molecule has 1 fully saturated rings. The Balaban J connectivity index is 1.60. The Hall–Kier alpha value is -1.43. The zero-order valence-corrected chi connectivity index (χ0v) is 13.9. The molecule has 3 rings (SSSR count). The van der Waals surface area contributed by atoms with E-state index >= 15 is 0 Å². The maximum absolute atomic E-state index is 5.71. The number of ether oxygens (including phenoxy) is 2. The number of nitrogens with zero attached hydrogens (tertiary/aromatic N) is 1. The van der Waals surface area contributed by atoms with Gasteiger partial charge in [-0.3, -0.25) is 0 Å². The summed E-state index contributed by atoms with van der Waals surface area (Å²) in [6.07, 6.45) is 2.67. The molecule has 0 radical (unpaired) electrons. The van der Waals surface area contributed by atoms with E-state index in [-0.39, 0.29) is 0 Å². The van der Waals surface area contributed by atoms with Crippen LogP contribution in [-0.4, -0.2) is 30.8 Å². The Kier molecular flexibility index (Phi) is 5.08. The minimum atomic E-state index is 0.344. The second-order valence-corrected chi connectivity index (χ2v) is 6.46. The number of thiazole rings is 1. The molecule has 0 spiro atoms. The average molecular weight is 318 g/mol. The molecule has 0 aliphatic carbocycles. The van der Waals surface area contributed by atoms with Gasteiger partial charge in [0, 0.05) is 30.1 Å². The SMILES string of the molecule is COc1cccc(-c2nc(CN[C@H](C)[C@@H]3CCCO3)cs2)c1. The van der Waals surface area contributed by atoms with Gasteiger partial charge in [0.2, 0.25) is 0 Å². The van der Waals surface area contributed by atoms with Crippen molar-refractivity contribution in [2.75, 3.05) is 13.7 Å². The van der Waals surface area contributed by atoms with Crippen molar-refractivity contribution < 1.29 is 9.47 Å². The molecule has 0 unspecified atom stereocenters. The van der Waals surface area contributed by atoms with Gasteiger partial charge < -0.3 is 14.8 Å². The van der Waals surface area contributed by atoms with E-state index in [0.29, 0.717) is 12.1 Å². The second-order valence-electron chi connectivity index (χ2n) is 5.60. The van der Waals surface area contributed by atoms with Crippen molar-refractivity contribution in [3.05, 3.63) is 35.3 Å². The standard InChI is InChI=1S/C17H22N2O2S/c1-12(16-7-4-8-21-16)18-10-14-11-22-17(19-14)13-5-3-6-15(9-13)20-2/h3,5-6,9,11-12,16,18H,4,7-8,10H2,1-2H3/t12-,16+/m1/s1. The van der Waals surface area contributed by atoms with Gasteiger partial charge >= 0.3 is 0 Å². The number of aromatic nitrogens is 1. The first-order valence-corrected chi connectivity index (χ1v) is 8.58. The molecule has 4 nitrogen and oxygen atoms in total. The molecular formula is C17H22N2O2S. The van der Waals surface area contributed by atoms with Gasteiger partial charge in [0.05, 0.1) is 18.9 Å². The minimum Gasteiger partial charge on any atom is -0.497 e. The molecule has 2 heterocycles. The molecule has 2 atom stereocenters. The second kappa shape index (κ2) is 7.22. The van der Waals surface area contributed by atoms with E-state index in [4.69, 9.17) is 14.5 Å². The third-order valence-corrected chi connectivity index (χ3v) is 4.94. The van der Waals surface area contributed by atoms with E-state index in [1.54, 1.807) is 18.4 Å². The van der Waals surface area contributed by atoms with Crippen LogP contribution in [0.1, 0.15) is 25.5 Å². The topological polar surface area (TPSA) is 43.4 Å². The van der Waals surface area contributed by atoms with Crippen LogP contribution >= 0.6 is 11.3 Å². The summed E-state index contributed by atoms with van der Waals surface area (Å²) in [6.45, 7) is 3.86. The summed E-state index contributed by atoms with van der Waals surface area (Å²) in [5.41, 5.74) is 2.18. The first-order valence-electron chi connectivity index (χ1n) is 7.70. The van der Waals surface area contributed by atoms with Crippen molar-refractivity contribution in [1.29, 1.82) is 0 Å². The van der Waals surface area contributed by atoms with E-state index in [1.807, 2.05) is 18.2 Å². The molecule has 22 heavy (non-hydrogen) atoms. The van der Waals surface area contributed by atoms with Gasteiger partial charge in [-0.15, -0.1) is 11.3 Å². The van der Waals surface area contributed by atoms with Crippen molar-refractivity contribution in [2.24, 2.45) is 0 Å². The van der Waals surface area contributed by atoms with Crippen LogP contribution in [0.3, 0.4) is 0 Å². The van der Waals surface area contributed by atoms with Crippen molar-refractivity contribution in [3.8, 4) is 16.3 Å². The van der Waals surface area contributed by atoms with Crippen LogP contribution in [-0.2, 0) is 11.3 Å². The summed E-state index contributed by atoms with van der Waals surface area (Å²) in [4.78, 5) is 4.71. The summed E-state index contributed by atoms with van der Waals surface area (Å²) < 4.78 is 11.0. The van der Waals surface area contributed by atoms with E-state index in [9.17, 15) is 0 Å². The monoisotopic (exact) mass is 318 g/mol. The Morgan fingerprint density at radius 1 is 1.50 bits per heavy atom. The molecule has 1 aliphatic rings. The average Bonchev–Trinajstić information content (AvgIpc) is 3.24. The van der Waals surface area contributed by atoms with Gasteiger partial charge in [-0.1, -0.05) is 12.1 Å². The summed E-state index contributed by atoms with van der Waals surface area (Å²) in [7, 11) is 1.68. The maximum Gasteiger partial charge on any atom is 0.123 e. The quantitative estimate of drug-likeness (QED) is 0.885. The van der Waals surface area contributed by atoms with Crippen LogP contribution in [0.4, 0.5) is 0 Å². The molecule has 118 valence electrons. The lowest BCUT2D eigenvalue weighted by Gasteiger charge is -2.19. The van der Waals surface area contributed by atoms with E-state index in [2.05, 4.69) is 23.7 Å². The molecule has 0 amide bonds. The van der Waals surface area contributed by atoms with Gasteiger partial charge in [0.15, 0.2) is 0 Å². The predicted molar refractivity (Wildman–Crippen MR) is 89.4 cm³/mol. The molecule has 5 heteroatoms. The molecule has 2 aromatic rings. The normalized spacial score (nSPS) is 19.3. The zero-order valence-electron chi connectivity index (χ0n) is 13.0. The highest BCUT2D eigenvalue weighted by atomic mass is 32.1. The fourth-order valence-electron chi connectivity index (χ4n) is 2.67. The Morgan fingerprint density at radius 2 is 2.41 bits per heavy atom. The first kappa shape index (κ1) is 15.5. The molecule has 1 aromatic heterocycles. The van der Waals surface area contributed by atoms with E-state index in [0.717, 1.165) is 41.6 Å². The predicted octanol–water partition coefficient (Wildman–Crippen LogP) is 3.48. The van der Waals surface area contributed by atoms with Crippen molar-refractivity contribution in [2.45, 2.75) is 38.5 Å². The number of nitrogens with one attached hydrogen (secondary N) is 1. The highest BCUT2D eigenvalue weighted by Crippen LogP contribution is 2.27. The number of hydrogen-bond donors (Lipinski definition) is 1. The molecule has 1 N–H and O–H groups in total. The summed E-state index contributed by atoms with van der Waals surface area (Å²) in [6, 6.07) is 8.39.